The third-order valence-corrected chi connectivity index (χ3v) is 5.98. The standard InChI is InChI=1S/C16H17ClN4OS2/c17-14-2-1-13(24-14)9-20-4-6-21(7-5-20)10-15-18-16(19-22-15)12-3-8-23-11-12/h1-3,8,11H,4-7,9-10H2. The lowest BCUT2D eigenvalue weighted by molar-refractivity contribution is 0.113. The van der Waals surface area contributed by atoms with Crippen LogP contribution in [0.3, 0.4) is 0 Å². The van der Waals surface area contributed by atoms with Gasteiger partial charge in [-0.15, -0.1) is 11.3 Å². The highest BCUT2D eigenvalue weighted by molar-refractivity contribution is 7.16. The Labute approximate surface area is 153 Å². The van der Waals surface area contributed by atoms with Crippen LogP contribution in [-0.4, -0.2) is 46.1 Å². The van der Waals surface area contributed by atoms with Crippen molar-refractivity contribution in [2.75, 3.05) is 26.2 Å². The molecule has 0 N–H and O–H groups in total. The Bertz CT molecular complexity index is 778. The van der Waals surface area contributed by atoms with Gasteiger partial charge >= 0.3 is 0 Å². The van der Waals surface area contributed by atoms with E-state index in [9.17, 15) is 0 Å². The van der Waals surface area contributed by atoms with E-state index in [1.807, 2.05) is 22.9 Å². The van der Waals surface area contributed by atoms with Crippen molar-refractivity contribution in [3.63, 3.8) is 0 Å². The maximum absolute atomic E-state index is 6.00. The summed E-state index contributed by atoms with van der Waals surface area (Å²) < 4.78 is 6.25. The number of hydrogen-bond donors (Lipinski definition) is 0. The molecule has 8 heteroatoms. The zero-order valence-electron chi connectivity index (χ0n) is 13.0. The molecule has 0 saturated carbocycles. The van der Waals surface area contributed by atoms with Crippen molar-refractivity contribution in [2.45, 2.75) is 13.1 Å². The molecule has 0 atom stereocenters. The average Bonchev–Trinajstić information content (AvgIpc) is 3.31. The summed E-state index contributed by atoms with van der Waals surface area (Å²) in [4.78, 5) is 10.6. The molecular weight excluding hydrogens is 364 g/mol. The van der Waals surface area contributed by atoms with E-state index in [-0.39, 0.29) is 0 Å². The minimum atomic E-state index is 0.680. The molecule has 0 bridgehead atoms. The number of rotatable bonds is 5. The van der Waals surface area contributed by atoms with Crippen molar-refractivity contribution in [1.29, 1.82) is 0 Å². The molecule has 24 heavy (non-hydrogen) atoms. The van der Waals surface area contributed by atoms with Crippen LogP contribution in [0, 0.1) is 0 Å². The topological polar surface area (TPSA) is 45.4 Å². The van der Waals surface area contributed by atoms with Crippen molar-refractivity contribution in [2.24, 2.45) is 0 Å². The van der Waals surface area contributed by atoms with Crippen molar-refractivity contribution < 1.29 is 4.52 Å². The molecule has 1 saturated heterocycles. The zero-order chi connectivity index (χ0) is 16.4. The molecule has 4 rings (SSSR count). The van der Waals surface area contributed by atoms with Crippen LogP contribution in [0.1, 0.15) is 10.8 Å². The number of halogens is 1. The molecule has 0 aromatic carbocycles. The molecule has 1 aliphatic rings. The molecule has 3 aromatic heterocycles. The van der Waals surface area contributed by atoms with Crippen molar-refractivity contribution in [3.8, 4) is 11.4 Å². The van der Waals surface area contributed by atoms with Gasteiger partial charge in [-0.3, -0.25) is 9.80 Å². The van der Waals surface area contributed by atoms with E-state index in [2.05, 4.69) is 26.0 Å². The SMILES string of the molecule is Clc1ccc(CN2CCN(Cc3nc(-c4ccsc4)no3)CC2)s1. The first-order valence-corrected chi connectivity index (χ1v) is 9.94. The molecule has 0 spiro atoms. The molecule has 4 heterocycles. The molecule has 0 radical (unpaired) electrons. The summed E-state index contributed by atoms with van der Waals surface area (Å²) in [6.45, 7) is 5.80. The molecular formula is C16H17ClN4OS2. The van der Waals surface area contributed by atoms with Crippen molar-refractivity contribution >= 4 is 34.3 Å². The van der Waals surface area contributed by atoms with Crippen molar-refractivity contribution in [1.82, 2.24) is 19.9 Å². The highest BCUT2D eigenvalue weighted by Gasteiger charge is 2.20. The van der Waals surface area contributed by atoms with E-state index in [0.29, 0.717) is 11.7 Å². The Morgan fingerprint density at radius 2 is 1.88 bits per heavy atom. The predicted molar refractivity (Wildman–Crippen MR) is 97.5 cm³/mol. The fourth-order valence-corrected chi connectivity index (χ4v) is 4.55. The second kappa shape index (κ2) is 7.33. The quantitative estimate of drug-likeness (QED) is 0.673. The third kappa shape index (κ3) is 3.87. The van der Waals surface area contributed by atoms with Gasteiger partial charge in [-0.1, -0.05) is 16.8 Å². The van der Waals surface area contributed by atoms with E-state index in [1.54, 1.807) is 22.7 Å². The Balaban J connectivity index is 1.29. The molecule has 1 fully saturated rings. The summed E-state index contributed by atoms with van der Waals surface area (Å²) in [5.74, 6) is 1.37. The van der Waals surface area contributed by atoms with Crippen LogP contribution in [0.15, 0.2) is 33.5 Å². The van der Waals surface area contributed by atoms with Gasteiger partial charge in [0.1, 0.15) is 0 Å². The number of nitrogens with zero attached hydrogens (tertiary/aromatic N) is 4. The van der Waals surface area contributed by atoms with Crippen LogP contribution in [0.25, 0.3) is 11.4 Å². The van der Waals surface area contributed by atoms with Gasteiger partial charge in [0.05, 0.1) is 10.9 Å². The second-order valence-corrected chi connectivity index (χ2v) is 8.36. The van der Waals surface area contributed by atoms with Crippen molar-refractivity contribution in [3.05, 3.63) is 44.1 Å². The molecule has 1 aliphatic heterocycles. The number of aromatic nitrogens is 2. The lowest BCUT2D eigenvalue weighted by Crippen LogP contribution is -2.45. The Kier molecular flexibility index (Phi) is 4.96. The number of hydrogen-bond acceptors (Lipinski definition) is 7. The molecule has 5 nitrogen and oxygen atoms in total. The summed E-state index contributed by atoms with van der Waals surface area (Å²) >= 11 is 9.30. The third-order valence-electron chi connectivity index (χ3n) is 4.08. The Morgan fingerprint density at radius 1 is 1.08 bits per heavy atom. The summed E-state index contributed by atoms with van der Waals surface area (Å²) in [6.07, 6.45) is 0. The van der Waals surface area contributed by atoms with E-state index < -0.39 is 0 Å². The fraction of sp³-hybridized carbons (Fsp3) is 0.375. The average molecular weight is 381 g/mol. The van der Waals surface area contributed by atoms with Crippen LogP contribution in [0.5, 0.6) is 0 Å². The first kappa shape index (κ1) is 16.2. The monoisotopic (exact) mass is 380 g/mol. The molecule has 126 valence electrons. The summed E-state index contributed by atoms with van der Waals surface area (Å²) in [6, 6.07) is 6.09. The highest BCUT2D eigenvalue weighted by atomic mass is 35.5. The van der Waals surface area contributed by atoms with Crippen LogP contribution >= 0.6 is 34.3 Å². The van der Waals surface area contributed by atoms with Crippen LogP contribution in [-0.2, 0) is 13.1 Å². The van der Waals surface area contributed by atoms with Crippen LogP contribution in [0.2, 0.25) is 4.34 Å². The zero-order valence-corrected chi connectivity index (χ0v) is 15.4. The highest BCUT2D eigenvalue weighted by Crippen LogP contribution is 2.23. The number of piperazine rings is 1. The van der Waals surface area contributed by atoms with Gasteiger partial charge in [-0.2, -0.15) is 16.3 Å². The summed E-state index contributed by atoms with van der Waals surface area (Å²) in [5, 5.41) is 8.12. The molecule has 0 unspecified atom stereocenters. The summed E-state index contributed by atoms with van der Waals surface area (Å²) in [5.41, 5.74) is 1.02. The van der Waals surface area contributed by atoms with Gasteiger partial charge in [-0.25, -0.2) is 0 Å². The predicted octanol–water partition coefficient (Wildman–Crippen LogP) is 3.83. The van der Waals surface area contributed by atoms with Gasteiger partial charge in [0, 0.05) is 48.5 Å². The van der Waals surface area contributed by atoms with Gasteiger partial charge < -0.3 is 4.52 Å². The smallest absolute Gasteiger partial charge is 0.241 e. The lowest BCUT2D eigenvalue weighted by Gasteiger charge is -2.33. The van der Waals surface area contributed by atoms with E-state index >= 15 is 0 Å². The van der Waals surface area contributed by atoms with E-state index in [1.165, 1.54) is 4.88 Å². The fourth-order valence-electron chi connectivity index (χ4n) is 2.78. The Hall–Kier alpha value is -1.25. The maximum atomic E-state index is 6.00. The first-order chi connectivity index (χ1) is 11.8. The van der Waals surface area contributed by atoms with Gasteiger partial charge in [0.15, 0.2) is 0 Å². The lowest BCUT2D eigenvalue weighted by atomic mass is 10.3. The molecule has 0 amide bonds. The normalized spacial score (nSPS) is 16.7. The summed E-state index contributed by atoms with van der Waals surface area (Å²) in [7, 11) is 0. The number of thiophene rings is 2. The first-order valence-electron chi connectivity index (χ1n) is 7.80. The maximum Gasteiger partial charge on any atom is 0.241 e. The minimum Gasteiger partial charge on any atom is -0.338 e. The minimum absolute atomic E-state index is 0.680. The van der Waals surface area contributed by atoms with Gasteiger partial charge in [-0.05, 0) is 23.6 Å². The molecule has 0 aliphatic carbocycles. The van der Waals surface area contributed by atoms with E-state index in [0.717, 1.165) is 49.2 Å². The van der Waals surface area contributed by atoms with Crippen LogP contribution < -0.4 is 0 Å². The molecule has 3 aromatic rings. The largest absolute Gasteiger partial charge is 0.338 e. The van der Waals surface area contributed by atoms with E-state index in [4.69, 9.17) is 16.1 Å². The second-order valence-electron chi connectivity index (χ2n) is 5.78. The Morgan fingerprint density at radius 3 is 2.54 bits per heavy atom. The van der Waals surface area contributed by atoms with Crippen LogP contribution in [0.4, 0.5) is 0 Å². The van der Waals surface area contributed by atoms with Gasteiger partial charge in [0.2, 0.25) is 11.7 Å². The van der Waals surface area contributed by atoms with Gasteiger partial charge in [0.25, 0.3) is 0 Å².